The maximum atomic E-state index is 12.2. The zero-order chi connectivity index (χ0) is 17.2. The van der Waals surface area contributed by atoms with E-state index in [1.54, 1.807) is 17.3 Å². The summed E-state index contributed by atoms with van der Waals surface area (Å²) in [5, 5.41) is 10.5. The number of nitrogens with one attached hydrogen (secondary N) is 1. The molecule has 0 bridgehead atoms. The summed E-state index contributed by atoms with van der Waals surface area (Å²) >= 11 is 0. The van der Waals surface area contributed by atoms with Gasteiger partial charge in [-0.1, -0.05) is 23.4 Å². The third-order valence-electron chi connectivity index (χ3n) is 4.20. The first kappa shape index (κ1) is 15.4. The molecule has 1 unspecified atom stereocenters. The van der Waals surface area contributed by atoms with Crippen molar-refractivity contribution in [1.29, 1.82) is 0 Å². The average molecular weight is 339 g/mol. The predicted octanol–water partition coefficient (Wildman–Crippen LogP) is 2.20. The summed E-state index contributed by atoms with van der Waals surface area (Å²) in [5.41, 5.74) is 1.79. The van der Waals surface area contributed by atoms with Crippen molar-refractivity contribution in [2.45, 2.75) is 25.9 Å². The average Bonchev–Trinajstić information content (AvgIpc) is 3.34. The number of benzene rings is 1. The maximum absolute atomic E-state index is 12.2. The Labute approximate surface area is 143 Å². The Morgan fingerprint density at radius 2 is 2.28 bits per heavy atom. The van der Waals surface area contributed by atoms with Crippen LogP contribution in [0.2, 0.25) is 0 Å². The van der Waals surface area contributed by atoms with Crippen LogP contribution in [-0.2, 0) is 11.4 Å². The van der Waals surface area contributed by atoms with E-state index in [2.05, 4.69) is 20.3 Å². The molecule has 2 aromatic heterocycles. The fraction of sp³-hybridized carbons (Fsp3) is 0.294. The van der Waals surface area contributed by atoms with Crippen LogP contribution >= 0.6 is 0 Å². The van der Waals surface area contributed by atoms with Crippen molar-refractivity contribution < 1.29 is 14.1 Å². The molecule has 128 valence electrons. The summed E-state index contributed by atoms with van der Waals surface area (Å²) in [6, 6.07) is 7.75. The fourth-order valence-electron chi connectivity index (χ4n) is 2.87. The van der Waals surface area contributed by atoms with Crippen molar-refractivity contribution in [3.05, 3.63) is 53.9 Å². The lowest BCUT2D eigenvalue weighted by molar-refractivity contribution is -0.117. The van der Waals surface area contributed by atoms with Crippen LogP contribution in [0.25, 0.3) is 0 Å². The van der Waals surface area contributed by atoms with Crippen LogP contribution in [0.5, 0.6) is 5.75 Å². The molecule has 8 nitrogen and oxygen atoms in total. The minimum absolute atomic E-state index is 0.0160. The van der Waals surface area contributed by atoms with Gasteiger partial charge < -0.3 is 14.2 Å². The number of para-hydroxylation sites is 1. The second kappa shape index (κ2) is 6.39. The van der Waals surface area contributed by atoms with Gasteiger partial charge >= 0.3 is 0 Å². The number of anilines is 1. The largest absolute Gasteiger partial charge is 0.485 e. The number of carbonyl (C=O) groups excluding carboxylic acids is 1. The summed E-state index contributed by atoms with van der Waals surface area (Å²) in [4.78, 5) is 18.2. The molecule has 1 fully saturated rings. The molecule has 0 saturated carbocycles. The quantitative estimate of drug-likeness (QED) is 0.765. The highest BCUT2D eigenvalue weighted by Gasteiger charge is 2.35. The molecule has 4 rings (SSSR count). The molecule has 1 amide bonds. The van der Waals surface area contributed by atoms with Crippen LogP contribution in [-0.4, -0.2) is 32.8 Å². The molecule has 1 aliphatic heterocycles. The highest BCUT2D eigenvalue weighted by molar-refractivity contribution is 5.96. The van der Waals surface area contributed by atoms with Crippen LogP contribution in [0.4, 0.5) is 5.69 Å². The van der Waals surface area contributed by atoms with E-state index >= 15 is 0 Å². The van der Waals surface area contributed by atoms with Gasteiger partial charge in [-0.2, -0.15) is 10.1 Å². The molecule has 0 aliphatic carbocycles. The predicted molar refractivity (Wildman–Crippen MR) is 88.1 cm³/mol. The van der Waals surface area contributed by atoms with Gasteiger partial charge in [0.2, 0.25) is 17.6 Å². The lowest BCUT2D eigenvalue weighted by Gasteiger charge is -2.12. The second-order valence-corrected chi connectivity index (χ2v) is 5.96. The van der Waals surface area contributed by atoms with Crippen molar-refractivity contribution in [2.24, 2.45) is 0 Å². The van der Waals surface area contributed by atoms with Crippen LogP contribution < -0.4 is 9.64 Å². The first-order valence-electron chi connectivity index (χ1n) is 8.01. The molecule has 1 N–H and O–H groups in total. The van der Waals surface area contributed by atoms with Gasteiger partial charge in [-0.25, -0.2) is 0 Å². The van der Waals surface area contributed by atoms with Crippen molar-refractivity contribution >= 4 is 11.6 Å². The zero-order valence-corrected chi connectivity index (χ0v) is 13.7. The lowest BCUT2D eigenvalue weighted by Crippen LogP contribution is -2.23. The number of hydrogen-bond acceptors (Lipinski definition) is 6. The number of aryl methyl sites for hydroxylation is 1. The van der Waals surface area contributed by atoms with Gasteiger partial charge in [-0.15, -0.1) is 0 Å². The number of carbonyl (C=O) groups is 1. The molecule has 3 aromatic rings. The van der Waals surface area contributed by atoms with Gasteiger partial charge in [0.05, 0.1) is 17.8 Å². The normalized spacial score (nSPS) is 17.2. The second-order valence-electron chi connectivity index (χ2n) is 5.96. The van der Waals surface area contributed by atoms with Gasteiger partial charge in [0.25, 0.3) is 0 Å². The van der Waals surface area contributed by atoms with E-state index in [0.717, 1.165) is 17.0 Å². The number of ether oxygens (including phenoxy) is 1. The van der Waals surface area contributed by atoms with Crippen LogP contribution in [0, 0.1) is 6.92 Å². The summed E-state index contributed by atoms with van der Waals surface area (Å²) in [6.07, 6.45) is 3.65. The Morgan fingerprint density at radius 3 is 3.08 bits per heavy atom. The molecular weight excluding hydrogens is 322 g/mol. The Balaban J connectivity index is 1.42. The first-order chi connectivity index (χ1) is 12.2. The van der Waals surface area contributed by atoms with Crippen molar-refractivity contribution in [3.63, 3.8) is 0 Å². The SMILES string of the molecule is Cc1ccccc1OCc1noc(C2CC(=O)N(c3cn[nH]c3)C2)n1. The van der Waals surface area contributed by atoms with Gasteiger partial charge in [-0.3, -0.25) is 9.89 Å². The van der Waals surface area contributed by atoms with Crippen LogP contribution in [0.15, 0.2) is 41.2 Å². The lowest BCUT2D eigenvalue weighted by atomic mass is 10.1. The summed E-state index contributed by atoms with van der Waals surface area (Å²) < 4.78 is 11.1. The Hall–Kier alpha value is -3.16. The van der Waals surface area contributed by atoms with Crippen molar-refractivity contribution in [3.8, 4) is 5.75 Å². The van der Waals surface area contributed by atoms with Gasteiger partial charge in [0, 0.05) is 19.2 Å². The highest BCUT2D eigenvalue weighted by atomic mass is 16.5. The minimum atomic E-state index is -0.123. The van der Waals surface area contributed by atoms with Crippen molar-refractivity contribution in [2.75, 3.05) is 11.4 Å². The zero-order valence-electron chi connectivity index (χ0n) is 13.7. The molecular formula is C17H17N5O3. The number of H-pyrrole nitrogens is 1. The van der Waals surface area contributed by atoms with Crippen molar-refractivity contribution in [1.82, 2.24) is 20.3 Å². The van der Waals surface area contributed by atoms with E-state index in [4.69, 9.17) is 9.26 Å². The number of rotatable bonds is 5. The minimum Gasteiger partial charge on any atom is -0.485 e. The molecule has 1 atom stereocenters. The molecule has 3 heterocycles. The summed E-state index contributed by atoms with van der Waals surface area (Å²) in [5.74, 6) is 1.61. The number of hydrogen-bond donors (Lipinski definition) is 1. The number of amides is 1. The van der Waals surface area contributed by atoms with E-state index in [9.17, 15) is 4.79 Å². The standard InChI is InChI=1S/C17H17N5O3/c1-11-4-2-3-5-14(11)24-10-15-20-17(25-21-15)12-6-16(23)22(9-12)13-7-18-19-8-13/h2-5,7-8,12H,6,9-10H2,1H3,(H,18,19). The molecule has 0 radical (unpaired) electrons. The third-order valence-corrected chi connectivity index (χ3v) is 4.20. The molecule has 8 heteroatoms. The molecule has 1 saturated heterocycles. The highest BCUT2D eigenvalue weighted by Crippen LogP contribution is 2.30. The van der Waals surface area contributed by atoms with E-state index in [0.29, 0.717) is 24.7 Å². The van der Waals surface area contributed by atoms with Crippen LogP contribution in [0.3, 0.4) is 0 Å². The van der Waals surface area contributed by atoms with E-state index in [-0.39, 0.29) is 18.4 Å². The maximum Gasteiger partial charge on any atom is 0.232 e. The summed E-state index contributed by atoms with van der Waals surface area (Å²) in [7, 11) is 0. The van der Waals surface area contributed by atoms with Gasteiger partial charge in [0.15, 0.2) is 6.61 Å². The Morgan fingerprint density at radius 1 is 1.40 bits per heavy atom. The molecule has 1 aromatic carbocycles. The Bertz CT molecular complexity index is 874. The van der Waals surface area contributed by atoms with Crippen LogP contribution in [0.1, 0.15) is 29.6 Å². The fourth-order valence-corrected chi connectivity index (χ4v) is 2.87. The number of aromatic amines is 1. The molecule has 25 heavy (non-hydrogen) atoms. The van der Waals surface area contributed by atoms with E-state index in [1.165, 1.54) is 0 Å². The van der Waals surface area contributed by atoms with E-state index in [1.807, 2.05) is 31.2 Å². The monoisotopic (exact) mass is 339 g/mol. The first-order valence-corrected chi connectivity index (χ1v) is 8.01. The van der Waals surface area contributed by atoms with E-state index < -0.39 is 0 Å². The molecule has 0 spiro atoms. The smallest absolute Gasteiger partial charge is 0.232 e. The third kappa shape index (κ3) is 3.10. The van der Waals surface area contributed by atoms with Gasteiger partial charge in [0.1, 0.15) is 5.75 Å². The Kier molecular flexibility index (Phi) is 3.93. The number of aromatic nitrogens is 4. The van der Waals surface area contributed by atoms with Gasteiger partial charge in [-0.05, 0) is 18.6 Å². The molecule has 1 aliphatic rings. The number of nitrogens with zero attached hydrogens (tertiary/aromatic N) is 4. The topological polar surface area (TPSA) is 97.1 Å². The summed E-state index contributed by atoms with van der Waals surface area (Å²) in [6.45, 7) is 2.70.